The number of benzene rings is 2. The van der Waals surface area contributed by atoms with Crippen LogP contribution in [0.15, 0.2) is 47.7 Å². The predicted molar refractivity (Wildman–Crippen MR) is 109 cm³/mol. The van der Waals surface area contributed by atoms with Crippen LogP contribution < -0.4 is 14.4 Å². The Balaban J connectivity index is 1.84. The van der Waals surface area contributed by atoms with Crippen molar-refractivity contribution in [3.63, 3.8) is 0 Å². The Kier molecular flexibility index (Phi) is 4.96. The van der Waals surface area contributed by atoms with Crippen molar-refractivity contribution in [2.45, 2.75) is 19.3 Å². The molecular weight excluding hydrogens is 394 g/mol. The van der Waals surface area contributed by atoms with Crippen LogP contribution >= 0.6 is 11.6 Å². The molecule has 0 radical (unpaired) electrons. The molecule has 0 saturated carbocycles. The maximum Gasteiger partial charge on any atom is 0.336 e. The van der Waals surface area contributed by atoms with Gasteiger partial charge in [0.25, 0.3) is 0 Å². The molecule has 2 aromatic rings. The van der Waals surface area contributed by atoms with Gasteiger partial charge < -0.3 is 14.2 Å². The normalized spacial score (nSPS) is 18.6. The quantitative estimate of drug-likeness (QED) is 0.709. The number of cyclic esters (lactones) is 1. The standard InChI is InChI=1S/C22H20ClNO5/c1-12-4-5-13(8-17(12)23)24-18-11-29-22(26)21(18)16(10-20(24)25)15-7-6-14(27-2)9-19(15)28-3/h4-9,16H,10-11H2,1-3H3/t16-/m0/s1. The van der Waals surface area contributed by atoms with E-state index in [9.17, 15) is 9.59 Å². The third-order valence-electron chi connectivity index (χ3n) is 5.35. The lowest BCUT2D eigenvalue weighted by atomic mass is 9.83. The number of carbonyl (C=O) groups excluding carboxylic acids is 2. The molecule has 2 aromatic carbocycles. The summed E-state index contributed by atoms with van der Waals surface area (Å²) >= 11 is 6.26. The van der Waals surface area contributed by atoms with Crippen molar-refractivity contribution in [3.8, 4) is 11.5 Å². The maximum absolute atomic E-state index is 13.2. The predicted octanol–water partition coefficient (Wildman–Crippen LogP) is 4.00. The van der Waals surface area contributed by atoms with E-state index in [1.54, 1.807) is 32.4 Å². The summed E-state index contributed by atoms with van der Waals surface area (Å²) in [6.07, 6.45) is 0.113. The summed E-state index contributed by atoms with van der Waals surface area (Å²) in [4.78, 5) is 27.3. The molecule has 2 heterocycles. The molecule has 1 amide bonds. The Morgan fingerprint density at radius 3 is 2.59 bits per heavy atom. The van der Waals surface area contributed by atoms with Gasteiger partial charge in [-0.3, -0.25) is 9.69 Å². The highest BCUT2D eigenvalue weighted by Gasteiger charge is 2.43. The Bertz CT molecular complexity index is 1050. The van der Waals surface area contributed by atoms with Crippen LogP contribution in [0.25, 0.3) is 0 Å². The summed E-state index contributed by atoms with van der Waals surface area (Å²) in [5.41, 5.74) is 3.30. The molecule has 0 aliphatic carbocycles. The van der Waals surface area contributed by atoms with Crippen molar-refractivity contribution in [2.24, 2.45) is 0 Å². The summed E-state index contributed by atoms with van der Waals surface area (Å²) in [7, 11) is 3.12. The molecule has 0 fully saturated rings. The van der Waals surface area contributed by atoms with Crippen molar-refractivity contribution < 1.29 is 23.8 Å². The largest absolute Gasteiger partial charge is 0.497 e. The lowest BCUT2D eigenvalue weighted by molar-refractivity contribution is -0.136. The van der Waals surface area contributed by atoms with Crippen LogP contribution in [0.5, 0.6) is 11.5 Å². The Hall–Kier alpha value is -2.99. The second-order valence-corrected chi connectivity index (χ2v) is 7.37. The van der Waals surface area contributed by atoms with E-state index >= 15 is 0 Å². The summed E-state index contributed by atoms with van der Waals surface area (Å²) < 4.78 is 16.1. The number of anilines is 1. The van der Waals surface area contributed by atoms with Crippen LogP contribution in [-0.4, -0.2) is 32.7 Å². The van der Waals surface area contributed by atoms with Crippen LogP contribution in [0, 0.1) is 6.92 Å². The fraction of sp³-hybridized carbons (Fsp3) is 0.273. The third-order valence-corrected chi connectivity index (χ3v) is 5.75. The van der Waals surface area contributed by atoms with Gasteiger partial charge >= 0.3 is 5.97 Å². The number of hydrogen-bond acceptors (Lipinski definition) is 5. The lowest BCUT2D eigenvalue weighted by Gasteiger charge is -2.32. The number of esters is 1. The van der Waals surface area contributed by atoms with Crippen LogP contribution in [0.3, 0.4) is 0 Å². The van der Waals surface area contributed by atoms with Gasteiger partial charge in [0.15, 0.2) is 0 Å². The number of halogens is 1. The van der Waals surface area contributed by atoms with E-state index in [1.807, 2.05) is 25.1 Å². The lowest BCUT2D eigenvalue weighted by Crippen LogP contribution is -2.37. The summed E-state index contributed by atoms with van der Waals surface area (Å²) in [6.45, 7) is 1.93. The molecule has 6 nitrogen and oxygen atoms in total. The zero-order valence-corrected chi connectivity index (χ0v) is 17.1. The van der Waals surface area contributed by atoms with Crippen molar-refractivity contribution in [1.29, 1.82) is 0 Å². The van der Waals surface area contributed by atoms with Crippen LogP contribution in [0.4, 0.5) is 5.69 Å². The Morgan fingerprint density at radius 1 is 1.10 bits per heavy atom. The zero-order chi connectivity index (χ0) is 20.7. The van der Waals surface area contributed by atoms with Gasteiger partial charge in [0.05, 0.1) is 31.2 Å². The highest BCUT2D eigenvalue weighted by atomic mass is 35.5. The van der Waals surface area contributed by atoms with Gasteiger partial charge in [-0.25, -0.2) is 4.79 Å². The molecule has 2 aliphatic heterocycles. The first-order valence-corrected chi connectivity index (χ1v) is 9.53. The molecule has 0 N–H and O–H groups in total. The zero-order valence-electron chi connectivity index (χ0n) is 16.3. The van der Waals surface area contributed by atoms with Crippen molar-refractivity contribution in [2.75, 3.05) is 25.7 Å². The van der Waals surface area contributed by atoms with Crippen molar-refractivity contribution in [1.82, 2.24) is 0 Å². The van der Waals surface area contributed by atoms with Gasteiger partial charge in [-0.05, 0) is 30.7 Å². The first kappa shape index (κ1) is 19.3. The average Bonchev–Trinajstić information content (AvgIpc) is 3.10. The monoisotopic (exact) mass is 413 g/mol. The fourth-order valence-electron chi connectivity index (χ4n) is 3.85. The van der Waals surface area contributed by atoms with E-state index in [4.69, 9.17) is 25.8 Å². The molecule has 4 rings (SSSR count). The van der Waals surface area contributed by atoms with Gasteiger partial charge in [0.2, 0.25) is 5.91 Å². The topological polar surface area (TPSA) is 65.1 Å². The van der Waals surface area contributed by atoms with Crippen molar-refractivity contribution >= 4 is 29.2 Å². The van der Waals surface area contributed by atoms with Gasteiger partial charge in [-0.15, -0.1) is 0 Å². The minimum absolute atomic E-state index is 0.0420. The van der Waals surface area contributed by atoms with Crippen LogP contribution in [0.2, 0.25) is 5.02 Å². The number of rotatable bonds is 4. The molecule has 29 heavy (non-hydrogen) atoms. The number of ether oxygens (including phenoxy) is 3. The summed E-state index contributed by atoms with van der Waals surface area (Å²) in [5.74, 6) is 0.182. The molecule has 0 bridgehead atoms. The van der Waals surface area contributed by atoms with Gasteiger partial charge in [-0.2, -0.15) is 0 Å². The van der Waals surface area contributed by atoms with E-state index in [1.165, 1.54) is 4.90 Å². The number of carbonyl (C=O) groups is 2. The van der Waals surface area contributed by atoms with Crippen LogP contribution in [-0.2, 0) is 14.3 Å². The van der Waals surface area contributed by atoms with Gasteiger partial charge in [0, 0.05) is 29.0 Å². The smallest absolute Gasteiger partial charge is 0.336 e. The maximum atomic E-state index is 13.2. The van der Waals surface area contributed by atoms with Gasteiger partial charge in [-0.1, -0.05) is 23.7 Å². The van der Waals surface area contributed by atoms with Gasteiger partial charge in [0.1, 0.15) is 18.1 Å². The van der Waals surface area contributed by atoms with E-state index in [2.05, 4.69) is 0 Å². The Labute approximate surface area is 173 Å². The van der Waals surface area contributed by atoms with E-state index in [0.717, 1.165) is 11.1 Å². The van der Waals surface area contributed by atoms with E-state index in [0.29, 0.717) is 33.5 Å². The number of amides is 1. The average molecular weight is 414 g/mol. The highest BCUT2D eigenvalue weighted by molar-refractivity contribution is 6.31. The van der Waals surface area contributed by atoms with Crippen LogP contribution in [0.1, 0.15) is 23.5 Å². The first-order chi connectivity index (χ1) is 13.9. The van der Waals surface area contributed by atoms with E-state index in [-0.39, 0.29) is 18.9 Å². The second-order valence-electron chi connectivity index (χ2n) is 6.96. The SMILES string of the molecule is COc1ccc([C@@H]2CC(=O)N(c3ccc(C)c(Cl)c3)C3=C2C(=O)OC3)c(OC)c1. The summed E-state index contributed by atoms with van der Waals surface area (Å²) in [5, 5.41) is 0.557. The molecule has 7 heteroatoms. The highest BCUT2D eigenvalue weighted by Crippen LogP contribution is 2.45. The summed E-state index contributed by atoms with van der Waals surface area (Å²) in [6, 6.07) is 10.8. The number of methoxy groups -OCH3 is 2. The number of aryl methyl sites for hydroxylation is 1. The number of hydrogen-bond donors (Lipinski definition) is 0. The molecule has 2 aliphatic rings. The van der Waals surface area contributed by atoms with E-state index < -0.39 is 11.9 Å². The second kappa shape index (κ2) is 7.44. The fourth-order valence-corrected chi connectivity index (χ4v) is 4.02. The molecule has 0 saturated heterocycles. The molecule has 0 unspecified atom stereocenters. The minimum atomic E-state index is -0.453. The third kappa shape index (κ3) is 3.23. The minimum Gasteiger partial charge on any atom is -0.497 e. The molecule has 0 aromatic heterocycles. The van der Waals surface area contributed by atoms with Crippen molar-refractivity contribution in [3.05, 3.63) is 63.8 Å². The first-order valence-electron chi connectivity index (χ1n) is 9.15. The Morgan fingerprint density at radius 2 is 1.90 bits per heavy atom. The molecule has 0 spiro atoms. The molecular formula is C22H20ClNO5. The molecule has 150 valence electrons. The number of nitrogens with zero attached hydrogens (tertiary/aromatic N) is 1. The molecule has 1 atom stereocenters.